The molecule has 1 aromatic carbocycles. The first kappa shape index (κ1) is 19.5. The van der Waals surface area contributed by atoms with Crippen LogP contribution in [0.4, 0.5) is 5.95 Å². The fourth-order valence-corrected chi connectivity index (χ4v) is 3.70. The van der Waals surface area contributed by atoms with E-state index < -0.39 is 5.60 Å². The summed E-state index contributed by atoms with van der Waals surface area (Å²) >= 11 is 0. The van der Waals surface area contributed by atoms with Gasteiger partial charge >= 0.3 is 0 Å². The molecule has 2 aromatic heterocycles. The van der Waals surface area contributed by atoms with Gasteiger partial charge in [-0.15, -0.1) is 0 Å². The number of aryl methyl sites for hydroxylation is 1. The first-order valence-electron chi connectivity index (χ1n) is 10.1. The fraction of sp³-hybridized carbons (Fsp3) is 0.409. The molecule has 0 atom stereocenters. The van der Waals surface area contributed by atoms with Gasteiger partial charge in [0.15, 0.2) is 0 Å². The molecule has 152 valence electrons. The molecule has 3 aromatic rings. The average Bonchev–Trinajstić information content (AvgIpc) is 3.21. The monoisotopic (exact) mass is 392 g/mol. The van der Waals surface area contributed by atoms with Gasteiger partial charge in [0.2, 0.25) is 5.95 Å². The number of para-hydroxylation sites is 1. The van der Waals surface area contributed by atoms with Gasteiger partial charge in [-0.1, -0.05) is 18.2 Å². The van der Waals surface area contributed by atoms with E-state index in [1.165, 1.54) is 5.56 Å². The number of benzene rings is 1. The third kappa shape index (κ3) is 4.63. The van der Waals surface area contributed by atoms with Gasteiger partial charge in [-0.3, -0.25) is 0 Å². The number of piperidine rings is 1. The predicted octanol–water partition coefficient (Wildman–Crippen LogP) is 2.90. The van der Waals surface area contributed by atoms with Gasteiger partial charge in [-0.25, -0.2) is 14.6 Å². The van der Waals surface area contributed by atoms with Crippen LogP contribution in [0, 0.1) is 6.92 Å². The van der Waals surface area contributed by atoms with E-state index >= 15 is 0 Å². The van der Waals surface area contributed by atoms with Crippen LogP contribution >= 0.6 is 0 Å². The highest BCUT2D eigenvalue weighted by atomic mass is 16.3. The molecule has 4 rings (SSSR count). The summed E-state index contributed by atoms with van der Waals surface area (Å²) in [6, 6.07) is 10.0. The number of rotatable bonds is 6. The van der Waals surface area contributed by atoms with Crippen molar-refractivity contribution in [3.63, 3.8) is 0 Å². The maximum atomic E-state index is 10.7. The molecule has 0 amide bonds. The van der Waals surface area contributed by atoms with Gasteiger partial charge in [-0.05, 0) is 50.9 Å². The standard InChI is InChI=1S/C22H28N6O/c1-17-5-3-4-6-20(17)28-16-18(15-25-28)19-7-11-23-21(26-19)24-12-8-22(29)9-13-27(2)14-10-22/h3-7,11,15-16,29H,8-10,12-14H2,1-2H3,(H,23,24,26). The van der Waals surface area contributed by atoms with Crippen molar-refractivity contribution < 1.29 is 5.11 Å². The highest BCUT2D eigenvalue weighted by Crippen LogP contribution is 2.25. The smallest absolute Gasteiger partial charge is 0.223 e. The van der Waals surface area contributed by atoms with E-state index in [0.29, 0.717) is 18.9 Å². The maximum Gasteiger partial charge on any atom is 0.223 e. The Morgan fingerprint density at radius 3 is 2.76 bits per heavy atom. The van der Waals surface area contributed by atoms with Crippen molar-refractivity contribution >= 4 is 5.95 Å². The van der Waals surface area contributed by atoms with Crippen LogP contribution in [0.3, 0.4) is 0 Å². The van der Waals surface area contributed by atoms with Crippen LogP contribution in [0.15, 0.2) is 48.9 Å². The van der Waals surface area contributed by atoms with Crippen molar-refractivity contribution in [1.82, 2.24) is 24.6 Å². The summed E-state index contributed by atoms with van der Waals surface area (Å²) in [5.41, 5.74) is 3.38. The van der Waals surface area contributed by atoms with Crippen LogP contribution in [-0.4, -0.2) is 62.0 Å². The summed E-state index contributed by atoms with van der Waals surface area (Å²) in [6.07, 6.45) is 7.86. The van der Waals surface area contributed by atoms with Gasteiger partial charge in [0.1, 0.15) is 0 Å². The Labute approximate surface area is 171 Å². The molecule has 2 N–H and O–H groups in total. The van der Waals surface area contributed by atoms with Gasteiger partial charge in [0, 0.05) is 37.6 Å². The quantitative estimate of drug-likeness (QED) is 0.672. The van der Waals surface area contributed by atoms with Gasteiger partial charge in [0.25, 0.3) is 0 Å². The Hall–Kier alpha value is -2.77. The summed E-state index contributed by atoms with van der Waals surface area (Å²) < 4.78 is 1.87. The Bertz CT molecular complexity index is 961. The van der Waals surface area contributed by atoms with E-state index in [1.807, 2.05) is 41.3 Å². The molecular weight excluding hydrogens is 364 g/mol. The molecule has 1 saturated heterocycles. The molecule has 0 aliphatic carbocycles. The van der Waals surface area contributed by atoms with Crippen molar-refractivity contribution in [2.45, 2.75) is 31.8 Å². The zero-order chi connectivity index (χ0) is 20.3. The molecule has 1 aliphatic heterocycles. The lowest BCUT2D eigenvalue weighted by molar-refractivity contribution is -0.0194. The van der Waals surface area contributed by atoms with E-state index in [0.717, 1.165) is 42.9 Å². The molecule has 3 heterocycles. The highest BCUT2D eigenvalue weighted by molar-refractivity contribution is 5.59. The van der Waals surface area contributed by atoms with Gasteiger partial charge in [0.05, 0.1) is 23.2 Å². The van der Waals surface area contributed by atoms with E-state index in [9.17, 15) is 5.11 Å². The molecule has 0 unspecified atom stereocenters. The number of nitrogens with one attached hydrogen (secondary N) is 1. The minimum atomic E-state index is -0.591. The third-order valence-corrected chi connectivity index (χ3v) is 5.69. The molecule has 1 aliphatic rings. The van der Waals surface area contributed by atoms with Crippen molar-refractivity contribution in [3.05, 3.63) is 54.5 Å². The Balaban J connectivity index is 1.41. The zero-order valence-corrected chi connectivity index (χ0v) is 17.0. The number of hydrogen-bond acceptors (Lipinski definition) is 6. The second-order valence-corrected chi connectivity index (χ2v) is 7.93. The maximum absolute atomic E-state index is 10.7. The van der Waals surface area contributed by atoms with Crippen LogP contribution in [0.5, 0.6) is 0 Å². The Kier molecular flexibility index (Phi) is 5.60. The molecule has 0 saturated carbocycles. The lowest BCUT2D eigenvalue weighted by atomic mass is 9.88. The Morgan fingerprint density at radius 2 is 1.97 bits per heavy atom. The van der Waals surface area contributed by atoms with Crippen molar-refractivity contribution in [1.29, 1.82) is 0 Å². The van der Waals surface area contributed by atoms with Crippen LogP contribution in [-0.2, 0) is 0 Å². The fourth-order valence-electron chi connectivity index (χ4n) is 3.70. The molecule has 7 heteroatoms. The lowest BCUT2D eigenvalue weighted by Gasteiger charge is -2.36. The normalized spacial score (nSPS) is 16.7. The summed E-state index contributed by atoms with van der Waals surface area (Å²) in [5.74, 6) is 0.572. The zero-order valence-electron chi connectivity index (χ0n) is 17.0. The van der Waals surface area contributed by atoms with E-state index in [-0.39, 0.29) is 0 Å². The van der Waals surface area contributed by atoms with E-state index in [2.05, 4.69) is 45.3 Å². The minimum absolute atomic E-state index is 0.572. The number of hydrogen-bond donors (Lipinski definition) is 2. The van der Waals surface area contributed by atoms with Crippen LogP contribution in [0.2, 0.25) is 0 Å². The van der Waals surface area contributed by atoms with Crippen molar-refractivity contribution in [2.75, 3.05) is 32.0 Å². The van der Waals surface area contributed by atoms with Gasteiger partial charge in [-0.2, -0.15) is 5.10 Å². The summed E-state index contributed by atoms with van der Waals surface area (Å²) in [6.45, 7) is 4.59. The van der Waals surface area contributed by atoms with Crippen LogP contribution in [0.25, 0.3) is 16.9 Å². The molecule has 0 bridgehead atoms. The molecule has 7 nitrogen and oxygen atoms in total. The largest absolute Gasteiger partial charge is 0.390 e. The molecule has 0 spiro atoms. The highest BCUT2D eigenvalue weighted by Gasteiger charge is 2.30. The number of likely N-dealkylation sites (tertiary alicyclic amines) is 1. The molecule has 1 fully saturated rings. The number of nitrogens with zero attached hydrogens (tertiary/aromatic N) is 5. The average molecular weight is 393 g/mol. The molecular formula is C22H28N6O. The number of anilines is 1. The number of aliphatic hydroxyl groups is 1. The molecule has 0 radical (unpaired) electrons. The van der Waals surface area contributed by atoms with Crippen LogP contribution < -0.4 is 5.32 Å². The predicted molar refractivity (Wildman–Crippen MR) is 114 cm³/mol. The SMILES string of the molecule is Cc1ccccc1-n1cc(-c2ccnc(NCCC3(O)CCN(C)CC3)n2)cn1. The van der Waals surface area contributed by atoms with Crippen molar-refractivity contribution in [2.24, 2.45) is 0 Å². The Morgan fingerprint density at radius 1 is 1.17 bits per heavy atom. The summed E-state index contributed by atoms with van der Waals surface area (Å²) in [4.78, 5) is 11.2. The second kappa shape index (κ2) is 8.31. The molecule has 29 heavy (non-hydrogen) atoms. The summed E-state index contributed by atoms with van der Waals surface area (Å²) in [5, 5.41) is 18.5. The lowest BCUT2D eigenvalue weighted by Crippen LogP contribution is -2.43. The summed E-state index contributed by atoms with van der Waals surface area (Å²) in [7, 11) is 2.10. The van der Waals surface area contributed by atoms with E-state index in [1.54, 1.807) is 6.20 Å². The topological polar surface area (TPSA) is 79.1 Å². The third-order valence-electron chi connectivity index (χ3n) is 5.69. The second-order valence-electron chi connectivity index (χ2n) is 7.93. The van der Waals surface area contributed by atoms with E-state index in [4.69, 9.17) is 0 Å². The first-order valence-corrected chi connectivity index (χ1v) is 10.1. The van der Waals surface area contributed by atoms with Crippen molar-refractivity contribution in [3.8, 4) is 16.9 Å². The number of aromatic nitrogens is 4. The van der Waals surface area contributed by atoms with Gasteiger partial charge < -0.3 is 15.3 Å². The van der Waals surface area contributed by atoms with Crippen LogP contribution in [0.1, 0.15) is 24.8 Å². The first-order chi connectivity index (χ1) is 14.0. The minimum Gasteiger partial charge on any atom is -0.390 e.